The molecule has 0 aliphatic heterocycles. The van der Waals surface area contributed by atoms with Crippen LogP contribution in [0.5, 0.6) is 0 Å². The molecule has 112 valence electrons. The second-order valence-electron chi connectivity index (χ2n) is 5.70. The third-order valence-corrected chi connectivity index (χ3v) is 4.20. The summed E-state index contributed by atoms with van der Waals surface area (Å²) in [5, 5.41) is 3.99. The molecule has 2 N–H and O–H groups in total. The second kappa shape index (κ2) is 5.84. The molecule has 1 saturated carbocycles. The molecule has 0 spiro atoms. The van der Waals surface area contributed by atoms with E-state index in [2.05, 4.69) is 5.16 Å². The van der Waals surface area contributed by atoms with E-state index in [0.717, 1.165) is 25.3 Å². The van der Waals surface area contributed by atoms with Crippen molar-refractivity contribution in [3.05, 3.63) is 35.5 Å². The van der Waals surface area contributed by atoms with Crippen molar-refractivity contribution in [2.75, 3.05) is 5.73 Å². The molecule has 0 unspecified atom stereocenters. The van der Waals surface area contributed by atoms with E-state index in [-0.39, 0.29) is 11.4 Å². The Bertz CT molecular complexity index is 633. The lowest BCUT2D eigenvalue weighted by Gasteiger charge is -2.20. The zero-order valence-corrected chi connectivity index (χ0v) is 11.7. The Morgan fingerprint density at radius 2 is 1.95 bits per heavy atom. The molecule has 1 fully saturated rings. The van der Waals surface area contributed by atoms with E-state index >= 15 is 0 Å². The molecule has 1 aliphatic carbocycles. The van der Waals surface area contributed by atoms with Crippen LogP contribution in [0.3, 0.4) is 0 Å². The molecule has 0 radical (unpaired) electrons. The van der Waals surface area contributed by atoms with E-state index in [4.69, 9.17) is 10.3 Å². The molecule has 1 aromatic carbocycles. The molecule has 0 saturated heterocycles. The number of aromatic nitrogens is 1. The number of hydrogen-bond acceptors (Lipinski definition) is 3. The van der Waals surface area contributed by atoms with Crippen LogP contribution in [0.2, 0.25) is 0 Å². The summed E-state index contributed by atoms with van der Waals surface area (Å²) < 4.78 is 32.1. The first-order valence-electron chi connectivity index (χ1n) is 7.34. The van der Waals surface area contributed by atoms with Crippen LogP contribution in [0.15, 0.2) is 22.7 Å². The highest BCUT2D eigenvalue weighted by Crippen LogP contribution is 2.35. The highest BCUT2D eigenvalue weighted by atomic mass is 19.1. The Morgan fingerprint density at radius 1 is 1.19 bits per heavy atom. The highest BCUT2D eigenvalue weighted by molar-refractivity contribution is 5.75. The van der Waals surface area contributed by atoms with Gasteiger partial charge in [-0.25, -0.2) is 8.78 Å². The minimum absolute atomic E-state index is 0.0892. The third kappa shape index (κ3) is 2.91. The largest absolute Gasteiger partial charge is 0.367 e. The number of anilines is 1. The predicted molar refractivity (Wildman–Crippen MR) is 76.5 cm³/mol. The van der Waals surface area contributed by atoms with Crippen molar-refractivity contribution in [1.29, 1.82) is 0 Å². The van der Waals surface area contributed by atoms with Gasteiger partial charge in [0.2, 0.25) is 5.88 Å². The van der Waals surface area contributed by atoms with Crippen molar-refractivity contribution in [2.24, 2.45) is 5.92 Å². The lowest BCUT2D eigenvalue weighted by atomic mass is 9.85. The summed E-state index contributed by atoms with van der Waals surface area (Å²) in [6.07, 6.45) is 6.75. The van der Waals surface area contributed by atoms with Gasteiger partial charge >= 0.3 is 0 Å². The van der Waals surface area contributed by atoms with Gasteiger partial charge in [0.25, 0.3) is 0 Å². The Balaban J connectivity index is 1.92. The maximum atomic E-state index is 14.0. The number of halogens is 2. The second-order valence-corrected chi connectivity index (χ2v) is 5.70. The topological polar surface area (TPSA) is 52.0 Å². The van der Waals surface area contributed by atoms with Crippen LogP contribution in [-0.2, 0) is 6.42 Å². The van der Waals surface area contributed by atoms with E-state index in [1.54, 1.807) is 0 Å². The summed E-state index contributed by atoms with van der Waals surface area (Å²) in [5.74, 6) is -0.633. The minimum Gasteiger partial charge on any atom is -0.367 e. The van der Waals surface area contributed by atoms with Gasteiger partial charge in [0.05, 0.1) is 11.3 Å². The molecule has 0 amide bonds. The lowest BCUT2D eigenvalue weighted by Crippen LogP contribution is -2.10. The Labute approximate surface area is 122 Å². The van der Waals surface area contributed by atoms with Crippen LogP contribution < -0.4 is 5.73 Å². The van der Waals surface area contributed by atoms with Crippen LogP contribution in [0, 0.1) is 17.6 Å². The van der Waals surface area contributed by atoms with Gasteiger partial charge in [-0.15, -0.1) is 0 Å². The summed E-state index contributed by atoms with van der Waals surface area (Å²) in [5.41, 5.74) is 7.19. The minimum atomic E-state index is -0.644. The van der Waals surface area contributed by atoms with Crippen molar-refractivity contribution >= 4 is 5.88 Å². The monoisotopic (exact) mass is 292 g/mol. The van der Waals surface area contributed by atoms with Crippen molar-refractivity contribution < 1.29 is 13.3 Å². The van der Waals surface area contributed by atoms with E-state index in [1.807, 2.05) is 0 Å². The number of rotatable bonds is 3. The summed E-state index contributed by atoms with van der Waals surface area (Å²) in [6.45, 7) is 0. The van der Waals surface area contributed by atoms with Crippen molar-refractivity contribution in [2.45, 2.75) is 38.5 Å². The van der Waals surface area contributed by atoms with Crippen LogP contribution in [0.4, 0.5) is 14.7 Å². The zero-order chi connectivity index (χ0) is 14.8. The Morgan fingerprint density at radius 3 is 2.67 bits per heavy atom. The number of hydrogen-bond donors (Lipinski definition) is 1. The number of nitrogens with two attached hydrogens (primary N) is 1. The average Bonchev–Trinajstić information content (AvgIpc) is 2.81. The standard InChI is InChI=1S/C16H18F2N2O/c17-11-6-7-12(13(18)9-11)15-14(20-21-16(15)19)8-10-4-2-1-3-5-10/h6-7,9-10H,1-5,8,19H2. The summed E-state index contributed by atoms with van der Waals surface area (Å²) >= 11 is 0. The molecule has 21 heavy (non-hydrogen) atoms. The molecule has 1 aromatic heterocycles. The summed E-state index contributed by atoms with van der Waals surface area (Å²) in [6, 6.07) is 3.46. The quantitative estimate of drug-likeness (QED) is 0.916. The van der Waals surface area contributed by atoms with Crippen LogP contribution >= 0.6 is 0 Å². The van der Waals surface area contributed by atoms with Crippen molar-refractivity contribution in [3.63, 3.8) is 0 Å². The van der Waals surface area contributed by atoms with Gasteiger partial charge in [0.15, 0.2) is 0 Å². The van der Waals surface area contributed by atoms with Crippen molar-refractivity contribution in [3.8, 4) is 11.1 Å². The van der Waals surface area contributed by atoms with Crippen LogP contribution in [-0.4, -0.2) is 5.16 Å². The predicted octanol–water partition coefficient (Wildman–Crippen LogP) is 4.32. The first-order valence-corrected chi connectivity index (χ1v) is 7.34. The highest BCUT2D eigenvalue weighted by Gasteiger charge is 2.23. The van der Waals surface area contributed by atoms with Gasteiger partial charge in [0, 0.05) is 11.6 Å². The van der Waals surface area contributed by atoms with Gasteiger partial charge in [-0.3, -0.25) is 0 Å². The fourth-order valence-corrected chi connectivity index (χ4v) is 3.12. The molecular formula is C16H18F2N2O. The molecule has 1 heterocycles. The zero-order valence-electron chi connectivity index (χ0n) is 11.7. The molecule has 1 aliphatic rings. The summed E-state index contributed by atoms with van der Waals surface area (Å²) in [7, 11) is 0. The number of benzene rings is 1. The molecule has 3 rings (SSSR count). The van der Waals surface area contributed by atoms with E-state index in [0.29, 0.717) is 17.2 Å². The van der Waals surface area contributed by atoms with Crippen molar-refractivity contribution in [1.82, 2.24) is 5.16 Å². The fraction of sp³-hybridized carbons (Fsp3) is 0.438. The first-order chi connectivity index (χ1) is 10.1. The number of nitrogens with zero attached hydrogens (tertiary/aromatic N) is 1. The maximum Gasteiger partial charge on any atom is 0.230 e. The van der Waals surface area contributed by atoms with Crippen LogP contribution in [0.1, 0.15) is 37.8 Å². The van der Waals surface area contributed by atoms with Gasteiger partial charge in [0.1, 0.15) is 11.6 Å². The van der Waals surface area contributed by atoms with Gasteiger partial charge < -0.3 is 10.3 Å². The summed E-state index contributed by atoms with van der Waals surface area (Å²) in [4.78, 5) is 0. The Hall–Kier alpha value is -1.91. The third-order valence-electron chi connectivity index (χ3n) is 4.20. The molecule has 2 aromatic rings. The fourth-order valence-electron chi connectivity index (χ4n) is 3.12. The van der Waals surface area contributed by atoms with Crippen LogP contribution in [0.25, 0.3) is 11.1 Å². The lowest BCUT2D eigenvalue weighted by molar-refractivity contribution is 0.345. The van der Waals surface area contributed by atoms with Gasteiger partial charge in [-0.2, -0.15) is 0 Å². The SMILES string of the molecule is Nc1onc(CC2CCCCC2)c1-c1ccc(F)cc1F. The number of nitrogen functional groups attached to an aromatic ring is 1. The molecule has 0 bridgehead atoms. The van der Waals surface area contributed by atoms with E-state index < -0.39 is 11.6 Å². The maximum absolute atomic E-state index is 14.0. The van der Waals surface area contributed by atoms with E-state index in [9.17, 15) is 8.78 Å². The van der Waals surface area contributed by atoms with Gasteiger partial charge in [-0.05, 0) is 24.5 Å². The molecule has 3 nitrogen and oxygen atoms in total. The smallest absolute Gasteiger partial charge is 0.230 e. The first kappa shape index (κ1) is 14.0. The molecule has 0 atom stereocenters. The normalized spacial score (nSPS) is 16.3. The average molecular weight is 292 g/mol. The molecular weight excluding hydrogens is 274 g/mol. The van der Waals surface area contributed by atoms with Gasteiger partial charge in [-0.1, -0.05) is 37.3 Å². The molecule has 5 heteroatoms. The van der Waals surface area contributed by atoms with E-state index in [1.165, 1.54) is 31.4 Å². The Kier molecular flexibility index (Phi) is 3.90.